The molecule has 0 aromatic carbocycles. The first-order chi connectivity index (χ1) is 6.58. The van der Waals surface area contributed by atoms with Crippen LogP contribution in [0.1, 0.15) is 26.7 Å². The highest BCUT2D eigenvalue weighted by Crippen LogP contribution is 2.51. The molecule has 0 aromatic heterocycles. The van der Waals surface area contributed by atoms with E-state index in [1.54, 1.807) is 0 Å². The molecule has 78 valence electrons. The predicted octanol–water partition coefficient (Wildman–Crippen LogP) is 1.67. The average Bonchev–Trinajstić information content (AvgIpc) is 2.77. The normalized spacial score (nSPS) is 45.1. The summed E-state index contributed by atoms with van der Waals surface area (Å²) in [5, 5.41) is 0. The number of carbonyl (C=O) groups excluding carboxylic acids is 1. The van der Waals surface area contributed by atoms with Crippen molar-refractivity contribution in [2.24, 2.45) is 5.92 Å². The van der Waals surface area contributed by atoms with Gasteiger partial charge >= 0.3 is 0 Å². The monoisotopic (exact) mass is 196 g/mol. The molecule has 0 bridgehead atoms. The molecule has 2 rings (SSSR count). The van der Waals surface area contributed by atoms with Gasteiger partial charge in [-0.1, -0.05) is 12.2 Å². The van der Waals surface area contributed by atoms with E-state index in [2.05, 4.69) is 6.58 Å². The van der Waals surface area contributed by atoms with Gasteiger partial charge in [-0.2, -0.15) is 0 Å². The zero-order valence-electron chi connectivity index (χ0n) is 8.66. The molecule has 1 saturated carbocycles. The van der Waals surface area contributed by atoms with Crippen LogP contribution in [-0.2, 0) is 14.3 Å². The highest BCUT2D eigenvalue weighted by molar-refractivity contribution is 5.38. The van der Waals surface area contributed by atoms with Gasteiger partial charge < -0.3 is 9.47 Å². The number of carbonyl (C=O) groups is 1. The molecule has 4 atom stereocenters. The Kier molecular flexibility index (Phi) is 2.14. The highest BCUT2D eigenvalue weighted by Gasteiger charge is 2.62. The first kappa shape index (κ1) is 9.71. The molecule has 14 heavy (non-hydrogen) atoms. The summed E-state index contributed by atoms with van der Waals surface area (Å²) in [7, 11) is 0. The average molecular weight is 196 g/mol. The van der Waals surface area contributed by atoms with Crippen LogP contribution in [0, 0.1) is 5.92 Å². The second-order valence-corrected chi connectivity index (χ2v) is 4.53. The highest BCUT2D eigenvalue weighted by atomic mass is 16.6. The largest absolute Gasteiger partial charge is 0.461 e. The van der Waals surface area contributed by atoms with E-state index in [0.717, 1.165) is 18.4 Å². The lowest BCUT2D eigenvalue weighted by atomic mass is 9.78. The third-order valence-corrected chi connectivity index (χ3v) is 3.53. The van der Waals surface area contributed by atoms with Crippen molar-refractivity contribution in [2.75, 3.05) is 0 Å². The van der Waals surface area contributed by atoms with Crippen LogP contribution in [0.25, 0.3) is 0 Å². The number of fused-ring (bicyclic) bond motifs is 1. The van der Waals surface area contributed by atoms with Gasteiger partial charge in [-0.25, -0.2) is 0 Å². The van der Waals surface area contributed by atoms with Gasteiger partial charge in [0, 0.05) is 0 Å². The van der Waals surface area contributed by atoms with E-state index in [4.69, 9.17) is 9.47 Å². The Labute approximate surface area is 84.1 Å². The van der Waals surface area contributed by atoms with Gasteiger partial charge in [0.15, 0.2) is 0 Å². The molecule has 0 spiro atoms. The number of hydrogen-bond donors (Lipinski definition) is 0. The maximum absolute atomic E-state index is 10.4. The zero-order valence-corrected chi connectivity index (χ0v) is 8.66. The van der Waals surface area contributed by atoms with E-state index >= 15 is 0 Å². The van der Waals surface area contributed by atoms with Crippen molar-refractivity contribution in [3.63, 3.8) is 0 Å². The van der Waals surface area contributed by atoms with Crippen LogP contribution in [0.3, 0.4) is 0 Å². The second-order valence-electron chi connectivity index (χ2n) is 4.53. The number of allylic oxidation sites excluding steroid dienone is 1. The van der Waals surface area contributed by atoms with E-state index in [-0.39, 0.29) is 17.8 Å². The van der Waals surface area contributed by atoms with Crippen molar-refractivity contribution in [1.29, 1.82) is 0 Å². The fourth-order valence-electron chi connectivity index (χ4n) is 2.34. The first-order valence-corrected chi connectivity index (χ1v) is 5.00. The van der Waals surface area contributed by atoms with Gasteiger partial charge in [0.2, 0.25) is 0 Å². The smallest absolute Gasteiger partial charge is 0.293 e. The topological polar surface area (TPSA) is 38.8 Å². The maximum atomic E-state index is 10.4. The number of epoxide rings is 1. The zero-order chi connectivity index (χ0) is 10.3. The third-order valence-electron chi connectivity index (χ3n) is 3.53. The summed E-state index contributed by atoms with van der Waals surface area (Å²) in [5.41, 5.74) is 0.939. The standard InChI is InChI=1S/C11H16O3/c1-7(2)8-4-9(13-6-12)11(3)10(5-8)14-11/h6,8-10H,1,4-5H2,2-3H3/t8-,9+,10+,11-/m0/s1. The molecule has 1 saturated heterocycles. The quantitative estimate of drug-likeness (QED) is 0.391. The lowest BCUT2D eigenvalue weighted by molar-refractivity contribution is -0.138. The molecule has 0 amide bonds. The Morgan fingerprint density at radius 3 is 2.93 bits per heavy atom. The van der Waals surface area contributed by atoms with Gasteiger partial charge in [-0.05, 0) is 32.6 Å². The Hall–Kier alpha value is -0.830. The van der Waals surface area contributed by atoms with E-state index in [0.29, 0.717) is 12.4 Å². The summed E-state index contributed by atoms with van der Waals surface area (Å²) in [5.74, 6) is 0.431. The molecule has 0 radical (unpaired) electrons. The summed E-state index contributed by atoms with van der Waals surface area (Å²) in [6, 6.07) is 0. The Bertz CT molecular complexity index is 274. The van der Waals surface area contributed by atoms with E-state index in [1.165, 1.54) is 0 Å². The van der Waals surface area contributed by atoms with Crippen LogP contribution in [0.2, 0.25) is 0 Å². The Morgan fingerprint density at radius 1 is 1.64 bits per heavy atom. The summed E-state index contributed by atoms with van der Waals surface area (Å²) < 4.78 is 10.7. The van der Waals surface area contributed by atoms with Gasteiger partial charge in [0.05, 0.1) is 6.10 Å². The molecule has 0 aromatic rings. The van der Waals surface area contributed by atoms with Crippen LogP contribution in [0.15, 0.2) is 12.2 Å². The minimum absolute atomic E-state index is 0.0968. The fraction of sp³-hybridized carbons (Fsp3) is 0.727. The van der Waals surface area contributed by atoms with Gasteiger partial charge in [-0.15, -0.1) is 0 Å². The molecule has 0 N–H and O–H groups in total. The molecule has 1 heterocycles. The molecule has 1 aliphatic carbocycles. The van der Waals surface area contributed by atoms with Gasteiger partial charge in [-0.3, -0.25) is 4.79 Å². The van der Waals surface area contributed by atoms with Gasteiger partial charge in [0.25, 0.3) is 6.47 Å². The Balaban J connectivity index is 2.07. The van der Waals surface area contributed by atoms with Crippen molar-refractivity contribution >= 4 is 6.47 Å². The molecular weight excluding hydrogens is 180 g/mol. The molecule has 3 nitrogen and oxygen atoms in total. The lowest BCUT2D eigenvalue weighted by Gasteiger charge is -2.29. The molecular formula is C11H16O3. The van der Waals surface area contributed by atoms with Crippen LogP contribution in [0.5, 0.6) is 0 Å². The number of ether oxygens (including phenoxy) is 2. The molecule has 2 aliphatic rings. The summed E-state index contributed by atoms with van der Waals surface area (Å²) in [4.78, 5) is 10.4. The van der Waals surface area contributed by atoms with Crippen molar-refractivity contribution in [3.05, 3.63) is 12.2 Å². The van der Waals surface area contributed by atoms with Crippen LogP contribution >= 0.6 is 0 Å². The van der Waals surface area contributed by atoms with Crippen LogP contribution in [0.4, 0.5) is 0 Å². The first-order valence-electron chi connectivity index (χ1n) is 5.00. The SMILES string of the molecule is C=C(C)[C@H]1C[C@@H](OC=O)[C@]2(C)O[C@@H]2C1. The van der Waals surface area contributed by atoms with Crippen LogP contribution in [-0.4, -0.2) is 24.3 Å². The third kappa shape index (κ3) is 1.36. The molecule has 3 heteroatoms. The number of rotatable bonds is 3. The summed E-state index contributed by atoms with van der Waals surface area (Å²) in [6.45, 7) is 8.51. The predicted molar refractivity (Wildman–Crippen MR) is 51.8 cm³/mol. The van der Waals surface area contributed by atoms with E-state index in [9.17, 15) is 4.79 Å². The van der Waals surface area contributed by atoms with Crippen molar-refractivity contribution in [3.8, 4) is 0 Å². The van der Waals surface area contributed by atoms with E-state index < -0.39 is 0 Å². The maximum Gasteiger partial charge on any atom is 0.293 e. The van der Waals surface area contributed by atoms with Crippen molar-refractivity contribution in [2.45, 2.75) is 44.5 Å². The molecule has 0 unspecified atom stereocenters. The lowest BCUT2D eigenvalue weighted by Crippen LogP contribution is -2.38. The number of hydrogen-bond acceptors (Lipinski definition) is 3. The minimum atomic E-state index is -0.215. The van der Waals surface area contributed by atoms with Crippen molar-refractivity contribution < 1.29 is 14.3 Å². The summed E-state index contributed by atoms with van der Waals surface area (Å²) >= 11 is 0. The molecule has 2 fully saturated rings. The molecule has 1 aliphatic heterocycles. The van der Waals surface area contributed by atoms with Crippen LogP contribution < -0.4 is 0 Å². The van der Waals surface area contributed by atoms with E-state index in [1.807, 2.05) is 13.8 Å². The fourth-order valence-corrected chi connectivity index (χ4v) is 2.34. The summed E-state index contributed by atoms with van der Waals surface area (Å²) in [6.07, 6.45) is 2.02. The Morgan fingerprint density at radius 2 is 2.36 bits per heavy atom. The van der Waals surface area contributed by atoms with Crippen molar-refractivity contribution in [1.82, 2.24) is 0 Å². The van der Waals surface area contributed by atoms with Gasteiger partial charge in [0.1, 0.15) is 11.7 Å². The second kappa shape index (κ2) is 3.09. The minimum Gasteiger partial charge on any atom is -0.461 e.